The summed E-state index contributed by atoms with van der Waals surface area (Å²) in [6.45, 7) is 1.94. The van der Waals surface area contributed by atoms with Gasteiger partial charge in [0.2, 0.25) is 5.91 Å². The van der Waals surface area contributed by atoms with E-state index in [1.165, 1.54) is 12.1 Å². The maximum Gasteiger partial charge on any atom is 0.294 e. The molecule has 1 N–H and O–H groups in total. The van der Waals surface area contributed by atoms with Crippen molar-refractivity contribution in [3.63, 3.8) is 0 Å². The average molecular weight is 620 g/mol. The quantitative estimate of drug-likeness (QED) is 0.263. The predicted molar refractivity (Wildman–Crippen MR) is 149 cm³/mol. The lowest BCUT2D eigenvalue weighted by molar-refractivity contribution is -0.127. The first-order chi connectivity index (χ1) is 18.2. The van der Waals surface area contributed by atoms with Gasteiger partial charge in [-0.2, -0.15) is 0 Å². The molecule has 1 heterocycles. The molecule has 0 radical (unpaired) electrons. The highest BCUT2D eigenvalue weighted by Gasteiger charge is 2.36. The first kappa shape index (κ1) is 27.7. The Hall–Kier alpha value is -3.34. The van der Waals surface area contributed by atoms with E-state index in [0.717, 1.165) is 22.2 Å². The van der Waals surface area contributed by atoms with Gasteiger partial charge in [0.15, 0.2) is 11.5 Å². The minimum Gasteiger partial charge on any atom is -0.490 e. The van der Waals surface area contributed by atoms with Gasteiger partial charge in [0, 0.05) is 10.7 Å². The van der Waals surface area contributed by atoms with Gasteiger partial charge in [-0.05, 0) is 94.3 Å². The highest BCUT2D eigenvalue weighted by molar-refractivity contribution is 9.10. The Labute approximate surface area is 236 Å². The number of amides is 3. The zero-order chi connectivity index (χ0) is 27.2. The van der Waals surface area contributed by atoms with Crippen LogP contribution in [0.4, 0.5) is 14.9 Å². The zero-order valence-corrected chi connectivity index (χ0v) is 23.2. The highest BCUT2D eigenvalue weighted by atomic mass is 79.9. The molecule has 3 aromatic rings. The number of hydrogen-bond acceptors (Lipinski definition) is 6. The summed E-state index contributed by atoms with van der Waals surface area (Å²) in [5.41, 5.74) is 1.82. The predicted octanol–water partition coefficient (Wildman–Crippen LogP) is 6.89. The van der Waals surface area contributed by atoms with Gasteiger partial charge in [-0.15, -0.1) is 0 Å². The van der Waals surface area contributed by atoms with Crippen molar-refractivity contribution in [3.05, 3.63) is 92.0 Å². The summed E-state index contributed by atoms with van der Waals surface area (Å²) >= 11 is 10.2. The van der Waals surface area contributed by atoms with Gasteiger partial charge in [-0.3, -0.25) is 19.3 Å². The Bertz CT molecular complexity index is 1420. The van der Waals surface area contributed by atoms with E-state index in [1.54, 1.807) is 54.6 Å². The van der Waals surface area contributed by atoms with Crippen LogP contribution in [-0.2, 0) is 16.2 Å². The van der Waals surface area contributed by atoms with Crippen LogP contribution in [0.1, 0.15) is 18.1 Å². The first-order valence-corrected chi connectivity index (χ1v) is 13.4. The summed E-state index contributed by atoms with van der Waals surface area (Å²) in [6.07, 6.45) is 1.55. The Kier molecular flexibility index (Phi) is 9.09. The second-order valence-electron chi connectivity index (χ2n) is 8.00. The number of imide groups is 1. The van der Waals surface area contributed by atoms with E-state index < -0.39 is 23.6 Å². The van der Waals surface area contributed by atoms with Crippen LogP contribution in [0, 0.1) is 5.82 Å². The van der Waals surface area contributed by atoms with Crippen molar-refractivity contribution in [2.24, 2.45) is 0 Å². The number of rotatable bonds is 9. The van der Waals surface area contributed by atoms with Crippen molar-refractivity contribution in [3.8, 4) is 11.5 Å². The Morgan fingerprint density at radius 1 is 1.13 bits per heavy atom. The van der Waals surface area contributed by atoms with E-state index in [0.29, 0.717) is 38.9 Å². The normalized spacial score (nSPS) is 14.2. The van der Waals surface area contributed by atoms with E-state index in [-0.39, 0.29) is 17.3 Å². The molecule has 1 fully saturated rings. The summed E-state index contributed by atoms with van der Waals surface area (Å²) in [7, 11) is 0. The molecule has 0 spiro atoms. The van der Waals surface area contributed by atoms with E-state index in [4.69, 9.17) is 21.1 Å². The summed E-state index contributed by atoms with van der Waals surface area (Å²) in [6, 6.07) is 15.9. The van der Waals surface area contributed by atoms with Crippen molar-refractivity contribution in [2.75, 3.05) is 18.5 Å². The zero-order valence-electron chi connectivity index (χ0n) is 20.0. The third-order valence-corrected chi connectivity index (χ3v) is 6.94. The van der Waals surface area contributed by atoms with Crippen molar-refractivity contribution in [1.29, 1.82) is 0 Å². The van der Waals surface area contributed by atoms with Gasteiger partial charge in [0.05, 0.1) is 16.0 Å². The van der Waals surface area contributed by atoms with Crippen LogP contribution >= 0.6 is 39.3 Å². The molecule has 4 rings (SSSR count). The van der Waals surface area contributed by atoms with Gasteiger partial charge in [0.1, 0.15) is 19.0 Å². The minimum absolute atomic E-state index is 0.167. The van der Waals surface area contributed by atoms with Crippen LogP contribution < -0.4 is 14.8 Å². The fourth-order valence-corrected chi connectivity index (χ4v) is 5.11. The van der Waals surface area contributed by atoms with Gasteiger partial charge in [-0.1, -0.05) is 29.8 Å². The Morgan fingerprint density at radius 3 is 2.61 bits per heavy atom. The van der Waals surface area contributed by atoms with Gasteiger partial charge >= 0.3 is 0 Å². The van der Waals surface area contributed by atoms with Crippen LogP contribution in [0.5, 0.6) is 11.5 Å². The van der Waals surface area contributed by atoms with Crippen LogP contribution in [-0.4, -0.2) is 35.1 Å². The smallest absolute Gasteiger partial charge is 0.294 e. The van der Waals surface area contributed by atoms with Gasteiger partial charge in [0.25, 0.3) is 11.1 Å². The van der Waals surface area contributed by atoms with Crippen LogP contribution in [0.2, 0.25) is 5.02 Å². The lowest BCUT2D eigenvalue weighted by atomic mass is 10.1. The third kappa shape index (κ3) is 6.94. The SMILES string of the molecule is CCOc1cc(/C=C2\SC(=O)N(CC(=O)Nc3cccc(Cl)c3)C2=O)cc(Br)c1OCc1ccc(F)cc1. The first-order valence-electron chi connectivity index (χ1n) is 11.4. The molecule has 0 aromatic heterocycles. The minimum atomic E-state index is -0.577. The second-order valence-corrected chi connectivity index (χ2v) is 10.3. The van der Waals surface area contributed by atoms with Gasteiger partial charge in [-0.25, -0.2) is 4.39 Å². The molecule has 11 heteroatoms. The maximum absolute atomic E-state index is 13.2. The number of benzene rings is 3. The lowest BCUT2D eigenvalue weighted by Gasteiger charge is -2.15. The van der Waals surface area contributed by atoms with Crippen LogP contribution in [0.15, 0.2) is 70.0 Å². The molecule has 0 aliphatic carbocycles. The number of thioether (sulfide) groups is 1. The van der Waals surface area contributed by atoms with E-state index >= 15 is 0 Å². The Morgan fingerprint density at radius 2 is 1.89 bits per heavy atom. The fourth-order valence-electron chi connectivity index (χ4n) is 3.51. The van der Waals surface area contributed by atoms with E-state index in [9.17, 15) is 18.8 Å². The van der Waals surface area contributed by atoms with E-state index in [1.807, 2.05) is 6.92 Å². The number of nitrogens with zero attached hydrogens (tertiary/aromatic N) is 1. The summed E-state index contributed by atoms with van der Waals surface area (Å²) < 4.78 is 25.4. The molecule has 1 aliphatic rings. The molecule has 196 valence electrons. The highest BCUT2D eigenvalue weighted by Crippen LogP contribution is 2.39. The number of hydrogen-bond donors (Lipinski definition) is 1. The molecule has 0 saturated carbocycles. The largest absolute Gasteiger partial charge is 0.490 e. The van der Waals surface area contributed by atoms with Gasteiger partial charge < -0.3 is 14.8 Å². The van der Waals surface area contributed by atoms with Crippen molar-refractivity contribution < 1.29 is 28.2 Å². The van der Waals surface area contributed by atoms with E-state index in [2.05, 4.69) is 21.2 Å². The molecule has 3 amide bonds. The summed E-state index contributed by atoms with van der Waals surface area (Å²) in [4.78, 5) is 38.9. The molecule has 3 aromatic carbocycles. The average Bonchev–Trinajstić information content (AvgIpc) is 3.12. The van der Waals surface area contributed by atoms with Crippen LogP contribution in [0.3, 0.4) is 0 Å². The number of halogens is 3. The summed E-state index contributed by atoms with van der Waals surface area (Å²) in [5, 5.41) is 2.52. The number of carbonyl (C=O) groups is 3. The standard InChI is InChI=1S/C27H21BrClFN2O5S/c1-2-36-22-11-17(10-21(28)25(22)37-15-16-6-8-19(30)9-7-16)12-23-26(34)32(27(35)38-23)14-24(33)31-20-5-3-4-18(29)13-20/h3-13H,2,14-15H2,1H3,(H,31,33)/b23-12-. The van der Waals surface area contributed by atoms with Crippen molar-refractivity contribution in [1.82, 2.24) is 4.90 Å². The molecule has 38 heavy (non-hydrogen) atoms. The second kappa shape index (κ2) is 12.5. The molecular formula is C27H21BrClFN2O5S. The fraction of sp³-hybridized carbons (Fsp3) is 0.148. The van der Waals surface area contributed by atoms with Crippen molar-refractivity contribution >= 4 is 68.1 Å². The number of carbonyl (C=O) groups excluding carboxylic acids is 3. The Balaban J connectivity index is 1.48. The molecule has 1 aliphatic heterocycles. The molecule has 0 atom stereocenters. The summed E-state index contributed by atoms with van der Waals surface area (Å²) in [5.74, 6) is -0.568. The monoisotopic (exact) mass is 618 g/mol. The van der Waals surface area contributed by atoms with Crippen molar-refractivity contribution in [2.45, 2.75) is 13.5 Å². The lowest BCUT2D eigenvalue weighted by Crippen LogP contribution is -2.36. The topological polar surface area (TPSA) is 84.9 Å². The number of ether oxygens (including phenoxy) is 2. The maximum atomic E-state index is 13.2. The molecule has 1 saturated heterocycles. The van der Waals surface area contributed by atoms with Crippen LogP contribution in [0.25, 0.3) is 6.08 Å². The molecular weight excluding hydrogens is 599 g/mol. The molecule has 0 unspecified atom stereocenters. The number of nitrogens with one attached hydrogen (secondary N) is 1. The number of anilines is 1. The third-order valence-electron chi connectivity index (χ3n) is 5.21. The molecule has 7 nitrogen and oxygen atoms in total. The molecule has 0 bridgehead atoms.